The van der Waals surface area contributed by atoms with Crippen molar-refractivity contribution in [1.29, 1.82) is 0 Å². The molecule has 2 unspecified atom stereocenters. The van der Waals surface area contributed by atoms with Crippen LogP contribution in [0.3, 0.4) is 0 Å². The number of nitrogens with two attached hydrogens (primary N) is 1. The predicted molar refractivity (Wildman–Crippen MR) is 118 cm³/mol. The molecular weight excluding hydrogens is 346 g/mol. The first-order valence-corrected chi connectivity index (χ1v) is 10.5. The fraction of sp³-hybridized carbons (Fsp3) is 0.522. The van der Waals surface area contributed by atoms with Crippen LogP contribution >= 0.6 is 0 Å². The second-order valence-electron chi connectivity index (χ2n) is 8.01. The first-order chi connectivity index (χ1) is 13.5. The molecule has 1 aromatic rings. The number of piperidine rings is 1. The van der Waals surface area contributed by atoms with Crippen molar-refractivity contribution in [3.8, 4) is 0 Å². The van der Waals surface area contributed by atoms with Gasteiger partial charge in [0.1, 0.15) is 6.17 Å². The van der Waals surface area contributed by atoms with Crippen molar-refractivity contribution in [3.05, 3.63) is 59.8 Å². The number of aliphatic imine (C=N–C) groups is 1. The van der Waals surface area contributed by atoms with Gasteiger partial charge in [-0.3, -0.25) is 0 Å². The molecule has 2 aliphatic rings. The molecule has 0 amide bonds. The molecule has 0 saturated carbocycles. The Morgan fingerprint density at radius 2 is 1.89 bits per heavy atom. The van der Waals surface area contributed by atoms with E-state index < -0.39 is 0 Å². The Balaban J connectivity index is 1.84. The molecule has 2 atom stereocenters. The van der Waals surface area contributed by atoms with Crippen LogP contribution in [0.5, 0.6) is 0 Å². The van der Waals surface area contributed by atoms with Crippen molar-refractivity contribution >= 4 is 5.96 Å². The normalized spacial score (nSPS) is 21.8. The van der Waals surface area contributed by atoms with E-state index in [2.05, 4.69) is 66.4 Å². The molecule has 3 N–H and O–H groups in total. The Bertz CT molecular complexity index is 715. The molecule has 0 radical (unpaired) electrons. The first kappa shape index (κ1) is 20.5. The third-order valence-corrected chi connectivity index (χ3v) is 5.80. The number of hydrogen-bond donors (Lipinski definition) is 2. The minimum atomic E-state index is 0.0733. The minimum absolute atomic E-state index is 0.0733. The van der Waals surface area contributed by atoms with Crippen molar-refractivity contribution in [3.63, 3.8) is 0 Å². The number of benzene rings is 1. The summed E-state index contributed by atoms with van der Waals surface area (Å²) in [6, 6.07) is 8.54. The van der Waals surface area contributed by atoms with E-state index in [0.717, 1.165) is 43.3 Å². The quantitative estimate of drug-likeness (QED) is 0.463. The molecule has 28 heavy (non-hydrogen) atoms. The van der Waals surface area contributed by atoms with E-state index in [4.69, 9.17) is 10.7 Å². The van der Waals surface area contributed by atoms with Gasteiger partial charge in [0.05, 0.1) is 6.04 Å². The van der Waals surface area contributed by atoms with Gasteiger partial charge >= 0.3 is 0 Å². The molecular formula is C23H35N5. The predicted octanol–water partition coefficient (Wildman–Crippen LogP) is 3.76. The van der Waals surface area contributed by atoms with Gasteiger partial charge in [-0.2, -0.15) is 0 Å². The molecule has 0 spiro atoms. The lowest BCUT2D eigenvalue weighted by molar-refractivity contribution is 0.290. The van der Waals surface area contributed by atoms with Crippen molar-refractivity contribution in [2.75, 3.05) is 19.6 Å². The molecule has 0 bridgehead atoms. The Kier molecular flexibility index (Phi) is 6.79. The summed E-state index contributed by atoms with van der Waals surface area (Å²) in [5.74, 6) is 0.981. The van der Waals surface area contributed by atoms with E-state index in [0.29, 0.717) is 6.54 Å². The van der Waals surface area contributed by atoms with Gasteiger partial charge in [0, 0.05) is 31.9 Å². The molecule has 0 aromatic heterocycles. The van der Waals surface area contributed by atoms with Gasteiger partial charge in [-0.25, -0.2) is 4.99 Å². The summed E-state index contributed by atoms with van der Waals surface area (Å²) < 4.78 is 0. The number of likely N-dealkylation sites (tertiary alicyclic amines) is 2. The second-order valence-corrected chi connectivity index (χ2v) is 8.01. The van der Waals surface area contributed by atoms with Gasteiger partial charge in [0.15, 0.2) is 5.96 Å². The van der Waals surface area contributed by atoms with Crippen LogP contribution in [0.1, 0.15) is 56.7 Å². The van der Waals surface area contributed by atoms with Crippen LogP contribution in [0.2, 0.25) is 0 Å². The van der Waals surface area contributed by atoms with Gasteiger partial charge in [-0.15, -0.1) is 0 Å². The van der Waals surface area contributed by atoms with Gasteiger partial charge in [-0.1, -0.05) is 37.4 Å². The zero-order chi connectivity index (χ0) is 20.1. The van der Waals surface area contributed by atoms with Gasteiger partial charge in [0.2, 0.25) is 0 Å². The smallest absolute Gasteiger partial charge is 0.196 e. The van der Waals surface area contributed by atoms with Crippen molar-refractivity contribution in [2.45, 2.75) is 58.3 Å². The highest BCUT2D eigenvalue weighted by molar-refractivity contribution is 5.81. The maximum Gasteiger partial charge on any atom is 0.196 e. The van der Waals surface area contributed by atoms with Gasteiger partial charge in [-0.05, 0) is 56.2 Å². The molecule has 2 fully saturated rings. The summed E-state index contributed by atoms with van der Waals surface area (Å²) in [7, 11) is 0. The Morgan fingerprint density at radius 3 is 2.50 bits per heavy atom. The molecule has 5 heteroatoms. The third kappa shape index (κ3) is 4.76. The zero-order valence-electron chi connectivity index (χ0n) is 17.5. The summed E-state index contributed by atoms with van der Waals surface area (Å²) in [6.07, 6.45) is 4.80. The number of hydrogen-bond acceptors (Lipinski definition) is 3. The zero-order valence-corrected chi connectivity index (χ0v) is 17.5. The molecule has 2 aliphatic heterocycles. The highest BCUT2D eigenvalue weighted by Gasteiger charge is 2.30. The van der Waals surface area contributed by atoms with Gasteiger partial charge < -0.3 is 20.9 Å². The third-order valence-electron chi connectivity index (χ3n) is 5.80. The fourth-order valence-corrected chi connectivity index (χ4v) is 3.97. The summed E-state index contributed by atoms with van der Waals surface area (Å²) >= 11 is 0. The lowest BCUT2D eigenvalue weighted by Gasteiger charge is -2.35. The summed E-state index contributed by atoms with van der Waals surface area (Å²) in [4.78, 5) is 9.81. The van der Waals surface area contributed by atoms with E-state index in [1.54, 1.807) is 0 Å². The second kappa shape index (κ2) is 9.28. The van der Waals surface area contributed by atoms with E-state index in [1.807, 2.05) is 0 Å². The summed E-state index contributed by atoms with van der Waals surface area (Å²) in [5, 5.41) is 3.71. The van der Waals surface area contributed by atoms with Crippen molar-refractivity contribution in [1.82, 2.24) is 15.1 Å². The molecule has 5 nitrogen and oxygen atoms in total. The number of guanidine groups is 1. The maximum absolute atomic E-state index is 5.73. The van der Waals surface area contributed by atoms with Crippen LogP contribution < -0.4 is 11.1 Å². The van der Waals surface area contributed by atoms with E-state index in [1.165, 1.54) is 30.4 Å². The van der Waals surface area contributed by atoms with Crippen LogP contribution in [0, 0.1) is 0 Å². The number of rotatable bonds is 5. The lowest BCUT2D eigenvalue weighted by Crippen LogP contribution is -2.52. The van der Waals surface area contributed by atoms with Gasteiger partial charge in [0.25, 0.3) is 0 Å². The average Bonchev–Trinajstić information content (AvgIpc) is 3.08. The van der Waals surface area contributed by atoms with Crippen LogP contribution in [0.25, 0.3) is 0 Å². The van der Waals surface area contributed by atoms with E-state index in [9.17, 15) is 0 Å². The number of nitrogens with zero attached hydrogens (tertiary/aromatic N) is 3. The fourth-order valence-electron chi connectivity index (χ4n) is 3.97. The van der Waals surface area contributed by atoms with E-state index >= 15 is 0 Å². The van der Waals surface area contributed by atoms with Crippen molar-refractivity contribution in [2.24, 2.45) is 10.7 Å². The SMILES string of the molecule is C=C1CCN(C(=C)C)C1N/C(=N\C(C)c1ccc(CN)cc1)N1CCCCC1. The average molecular weight is 382 g/mol. The molecule has 1 aromatic carbocycles. The van der Waals surface area contributed by atoms with Crippen LogP contribution in [0.15, 0.2) is 53.7 Å². The minimum Gasteiger partial charge on any atom is -0.352 e. The van der Waals surface area contributed by atoms with Crippen molar-refractivity contribution < 1.29 is 0 Å². The van der Waals surface area contributed by atoms with Crippen LogP contribution in [-0.4, -0.2) is 41.6 Å². The summed E-state index contributed by atoms with van der Waals surface area (Å²) in [5.41, 5.74) is 10.4. The molecule has 152 valence electrons. The topological polar surface area (TPSA) is 56.9 Å². The first-order valence-electron chi connectivity index (χ1n) is 10.5. The molecule has 2 saturated heterocycles. The Labute approximate surface area is 170 Å². The largest absolute Gasteiger partial charge is 0.352 e. The lowest BCUT2D eigenvalue weighted by atomic mass is 10.1. The van der Waals surface area contributed by atoms with E-state index in [-0.39, 0.29) is 12.2 Å². The van der Waals surface area contributed by atoms with Crippen LogP contribution in [0.4, 0.5) is 0 Å². The Hall–Kier alpha value is -2.27. The number of nitrogens with one attached hydrogen (secondary N) is 1. The number of allylic oxidation sites excluding steroid dienone is 1. The monoisotopic (exact) mass is 381 g/mol. The Morgan fingerprint density at radius 1 is 1.21 bits per heavy atom. The maximum atomic E-state index is 5.73. The van der Waals surface area contributed by atoms with Crippen LogP contribution in [-0.2, 0) is 6.54 Å². The highest BCUT2D eigenvalue weighted by Crippen LogP contribution is 2.25. The molecule has 3 rings (SSSR count). The molecule has 0 aliphatic carbocycles. The highest BCUT2D eigenvalue weighted by atomic mass is 15.4. The standard InChI is InChI=1S/C23H35N5/c1-17(2)28-15-12-18(3)22(28)26-23(27-13-6-5-7-14-27)25-19(4)21-10-8-20(16-24)9-11-21/h8-11,19,22H,1,3,5-7,12-16,24H2,2,4H3,(H,25,26). The summed E-state index contributed by atoms with van der Waals surface area (Å²) in [6.45, 7) is 16.3. The molecule has 2 heterocycles.